The van der Waals surface area contributed by atoms with Crippen LogP contribution in [0.3, 0.4) is 0 Å². The first-order chi connectivity index (χ1) is 11.1. The van der Waals surface area contributed by atoms with E-state index in [2.05, 4.69) is 11.9 Å². The van der Waals surface area contributed by atoms with Crippen molar-refractivity contribution in [2.24, 2.45) is 5.41 Å². The monoisotopic (exact) mass is 318 g/mol. The fraction of sp³-hybridized carbons (Fsp3) is 0.611. The van der Waals surface area contributed by atoms with Gasteiger partial charge in [0.1, 0.15) is 5.75 Å². The van der Waals surface area contributed by atoms with Crippen molar-refractivity contribution in [3.63, 3.8) is 0 Å². The Balaban J connectivity index is 1.65. The molecule has 1 amide bonds. The van der Waals surface area contributed by atoms with Crippen molar-refractivity contribution >= 4 is 5.91 Å². The summed E-state index contributed by atoms with van der Waals surface area (Å²) in [6.07, 6.45) is 1.55. The number of likely N-dealkylation sites (tertiary alicyclic amines) is 1. The van der Waals surface area contributed by atoms with Crippen molar-refractivity contribution in [2.45, 2.75) is 12.8 Å². The normalized spacial score (nSPS) is 25.6. The quantitative estimate of drug-likeness (QED) is 0.845. The van der Waals surface area contributed by atoms with Gasteiger partial charge in [0.2, 0.25) is 5.91 Å². The molecule has 23 heavy (non-hydrogen) atoms. The van der Waals surface area contributed by atoms with E-state index in [0.29, 0.717) is 19.6 Å². The van der Waals surface area contributed by atoms with Crippen LogP contribution < -0.4 is 4.74 Å². The van der Waals surface area contributed by atoms with Gasteiger partial charge >= 0.3 is 0 Å². The number of hydrogen-bond donors (Lipinski definition) is 0. The smallest absolute Gasteiger partial charge is 0.227 e. The van der Waals surface area contributed by atoms with Crippen LogP contribution in [0.25, 0.3) is 0 Å². The Morgan fingerprint density at radius 2 is 2.04 bits per heavy atom. The van der Waals surface area contributed by atoms with Gasteiger partial charge in [0.25, 0.3) is 0 Å². The van der Waals surface area contributed by atoms with Gasteiger partial charge in [0, 0.05) is 25.0 Å². The minimum atomic E-state index is 0.112. The summed E-state index contributed by atoms with van der Waals surface area (Å²) in [5.74, 6) is 1.01. The molecule has 1 unspecified atom stereocenters. The zero-order valence-electron chi connectivity index (χ0n) is 14.1. The zero-order valence-corrected chi connectivity index (χ0v) is 14.1. The van der Waals surface area contributed by atoms with E-state index in [-0.39, 0.29) is 11.3 Å². The largest absolute Gasteiger partial charge is 0.497 e. The predicted molar refractivity (Wildman–Crippen MR) is 88.6 cm³/mol. The average molecular weight is 318 g/mol. The summed E-state index contributed by atoms with van der Waals surface area (Å²) in [6.45, 7) is 5.01. The average Bonchev–Trinajstić information content (AvgIpc) is 2.79. The summed E-state index contributed by atoms with van der Waals surface area (Å²) in [5, 5.41) is 0. The second kappa shape index (κ2) is 6.89. The molecular weight excluding hydrogens is 292 g/mol. The number of rotatable bonds is 3. The van der Waals surface area contributed by atoms with Gasteiger partial charge in [-0.25, -0.2) is 0 Å². The van der Waals surface area contributed by atoms with E-state index in [0.717, 1.165) is 44.0 Å². The van der Waals surface area contributed by atoms with Crippen molar-refractivity contribution < 1.29 is 14.3 Å². The highest BCUT2D eigenvalue weighted by atomic mass is 16.5. The fourth-order valence-corrected chi connectivity index (χ4v) is 3.64. The lowest BCUT2D eigenvalue weighted by Crippen LogP contribution is -2.43. The molecule has 1 aromatic carbocycles. The minimum Gasteiger partial charge on any atom is -0.497 e. The number of nitrogens with zero attached hydrogens (tertiary/aromatic N) is 2. The molecule has 0 saturated carbocycles. The number of ether oxygens (including phenoxy) is 2. The van der Waals surface area contributed by atoms with Crippen molar-refractivity contribution in [2.75, 3.05) is 53.6 Å². The Morgan fingerprint density at radius 3 is 2.70 bits per heavy atom. The molecule has 0 radical (unpaired) electrons. The summed E-state index contributed by atoms with van der Waals surface area (Å²) in [4.78, 5) is 17.1. The standard InChI is InChI=1S/C18H26N2O3/c1-19-8-7-18(12-19)13-20(9-10-23-14-18)17(21)11-15-3-5-16(22-2)6-4-15/h3-6H,7-14H2,1-2H3. The molecule has 1 aromatic rings. The summed E-state index contributed by atoms with van der Waals surface area (Å²) >= 11 is 0. The lowest BCUT2D eigenvalue weighted by molar-refractivity contribution is -0.131. The number of carbonyl (C=O) groups is 1. The molecule has 2 saturated heterocycles. The summed E-state index contributed by atoms with van der Waals surface area (Å²) < 4.78 is 11.0. The second-order valence-electron chi connectivity index (χ2n) is 6.88. The number of amides is 1. The SMILES string of the molecule is COc1ccc(CC(=O)N2CCOCC3(CCN(C)C3)C2)cc1. The first kappa shape index (κ1) is 16.3. The highest BCUT2D eigenvalue weighted by Crippen LogP contribution is 2.32. The van der Waals surface area contributed by atoms with E-state index < -0.39 is 0 Å². The number of benzene rings is 1. The highest BCUT2D eigenvalue weighted by Gasteiger charge is 2.40. The molecule has 2 fully saturated rings. The maximum atomic E-state index is 12.7. The van der Waals surface area contributed by atoms with Gasteiger partial charge in [-0.05, 0) is 37.7 Å². The minimum absolute atomic E-state index is 0.112. The van der Waals surface area contributed by atoms with Crippen LogP contribution in [0.2, 0.25) is 0 Å². The Labute approximate surface area is 138 Å². The topological polar surface area (TPSA) is 42.0 Å². The molecule has 0 bridgehead atoms. The summed E-state index contributed by atoms with van der Waals surface area (Å²) in [5.41, 5.74) is 1.14. The third-order valence-corrected chi connectivity index (χ3v) is 4.94. The van der Waals surface area contributed by atoms with Crippen LogP contribution in [0, 0.1) is 5.41 Å². The van der Waals surface area contributed by atoms with Crippen molar-refractivity contribution in [1.29, 1.82) is 0 Å². The molecule has 2 heterocycles. The van der Waals surface area contributed by atoms with Gasteiger partial charge in [-0.2, -0.15) is 0 Å². The lowest BCUT2D eigenvalue weighted by atomic mass is 9.87. The molecule has 5 heteroatoms. The van der Waals surface area contributed by atoms with Crippen LogP contribution >= 0.6 is 0 Å². The molecular formula is C18H26N2O3. The summed E-state index contributed by atoms with van der Waals surface area (Å²) in [6, 6.07) is 7.73. The highest BCUT2D eigenvalue weighted by molar-refractivity contribution is 5.79. The molecule has 2 aliphatic heterocycles. The van der Waals surface area contributed by atoms with Crippen molar-refractivity contribution in [3.8, 4) is 5.75 Å². The Morgan fingerprint density at radius 1 is 1.26 bits per heavy atom. The molecule has 2 aliphatic rings. The van der Waals surface area contributed by atoms with E-state index in [4.69, 9.17) is 9.47 Å². The van der Waals surface area contributed by atoms with E-state index in [1.807, 2.05) is 29.2 Å². The maximum Gasteiger partial charge on any atom is 0.227 e. The van der Waals surface area contributed by atoms with Gasteiger partial charge in [0.15, 0.2) is 0 Å². The van der Waals surface area contributed by atoms with Gasteiger partial charge < -0.3 is 19.3 Å². The maximum absolute atomic E-state index is 12.7. The third kappa shape index (κ3) is 3.85. The van der Waals surface area contributed by atoms with Crippen molar-refractivity contribution in [3.05, 3.63) is 29.8 Å². The van der Waals surface area contributed by atoms with E-state index in [9.17, 15) is 4.79 Å². The van der Waals surface area contributed by atoms with Crippen molar-refractivity contribution in [1.82, 2.24) is 9.80 Å². The molecule has 0 aliphatic carbocycles. The first-order valence-corrected chi connectivity index (χ1v) is 8.27. The van der Waals surface area contributed by atoms with Crippen LogP contribution in [0.4, 0.5) is 0 Å². The van der Waals surface area contributed by atoms with Crippen LogP contribution in [0.1, 0.15) is 12.0 Å². The molecule has 126 valence electrons. The Kier molecular flexibility index (Phi) is 4.87. The molecule has 1 atom stereocenters. The number of hydrogen-bond acceptors (Lipinski definition) is 4. The van der Waals surface area contributed by atoms with E-state index in [1.54, 1.807) is 7.11 Å². The van der Waals surface area contributed by atoms with E-state index >= 15 is 0 Å². The molecule has 3 rings (SSSR count). The first-order valence-electron chi connectivity index (χ1n) is 8.27. The van der Waals surface area contributed by atoms with Crippen LogP contribution in [-0.2, 0) is 16.0 Å². The van der Waals surface area contributed by atoms with Crippen LogP contribution in [0.5, 0.6) is 5.75 Å². The molecule has 5 nitrogen and oxygen atoms in total. The van der Waals surface area contributed by atoms with Gasteiger partial charge in [-0.15, -0.1) is 0 Å². The fourth-order valence-electron chi connectivity index (χ4n) is 3.64. The third-order valence-electron chi connectivity index (χ3n) is 4.94. The molecule has 0 aromatic heterocycles. The Bertz CT molecular complexity index is 546. The predicted octanol–water partition coefficient (Wildman–Crippen LogP) is 1.42. The van der Waals surface area contributed by atoms with E-state index in [1.165, 1.54) is 0 Å². The second-order valence-corrected chi connectivity index (χ2v) is 6.88. The molecule has 0 N–H and O–H groups in total. The molecule has 1 spiro atoms. The Hall–Kier alpha value is -1.59. The number of carbonyl (C=O) groups excluding carboxylic acids is 1. The lowest BCUT2D eigenvalue weighted by Gasteiger charge is -2.31. The summed E-state index contributed by atoms with van der Waals surface area (Å²) in [7, 11) is 3.79. The van der Waals surface area contributed by atoms with Gasteiger partial charge in [0.05, 0.1) is 26.7 Å². The number of methoxy groups -OCH3 is 1. The van der Waals surface area contributed by atoms with Gasteiger partial charge in [-0.3, -0.25) is 4.79 Å². The van der Waals surface area contributed by atoms with Gasteiger partial charge in [-0.1, -0.05) is 12.1 Å². The van der Waals surface area contributed by atoms with Crippen LogP contribution in [-0.4, -0.2) is 69.3 Å². The van der Waals surface area contributed by atoms with Crippen LogP contribution in [0.15, 0.2) is 24.3 Å². The zero-order chi connectivity index (χ0) is 16.3.